The summed E-state index contributed by atoms with van der Waals surface area (Å²) >= 11 is 0. The predicted octanol–water partition coefficient (Wildman–Crippen LogP) is 4.23. The number of anilines is 1. The van der Waals surface area contributed by atoms with E-state index >= 15 is 0 Å². The van der Waals surface area contributed by atoms with Crippen LogP contribution in [-0.2, 0) is 17.6 Å². The van der Waals surface area contributed by atoms with Crippen LogP contribution in [0.1, 0.15) is 23.7 Å². The van der Waals surface area contributed by atoms with Crippen LogP contribution in [0.3, 0.4) is 0 Å². The van der Waals surface area contributed by atoms with E-state index in [9.17, 15) is 4.79 Å². The van der Waals surface area contributed by atoms with Gasteiger partial charge in [-0.25, -0.2) is 0 Å². The van der Waals surface area contributed by atoms with Crippen molar-refractivity contribution in [3.05, 3.63) is 59.3 Å². The number of aryl methyl sites for hydroxylation is 2. The van der Waals surface area contributed by atoms with Crippen molar-refractivity contribution < 1.29 is 9.53 Å². The maximum atomic E-state index is 12.4. The van der Waals surface area contributed by atoms with Crippen LogP contribution in [0.5, 0.6) is 5.75 Å². The number of H-pyrrole nitrogens is 1. The largest absolute Gasteiger partial charge is 0.497 e. The number of fused-ring (bicyclic) bond motifs is 1. The van der Waals surface area contributed by atoms with Crippen molar-refractivity contribution >= 4 is 22.5 Å². The van der Waals surface area contributed by atoms with Gasteiger partial charge in [0.1, 0.15) is 5.75 Å². The number of carbonyl (C=O) groups excluding carboxylic acids is 1. The van der Waals surface area contributed by atoms with Gasteiger partial charge in [0, 0.05) is 22.3 Å². The molecule has 2 aromatic carbocycles. The Morgan fingerprint density at radius 3 is 2.58 bits per heavy atom. The molecule has 1 aromatic heterocycles. The van der Waals surface area contributed by atoms with E-state index < -0.39 is 0 Å². The summed E-state index contributed by atoms with van der Waals surface area (Å²) in [4.78, 5) is 15.8. The number of amides is 1. The van der Waals surface area contributed by atoms with Gasteiger partial charge in [0.15, 0.2) is 0 Å². The van der Waals surface area contributed by atoms with Crippen LogP contribution in [0, 0.1) is 6.92 Å². The summed E-state index contributed by atoms with van der Waals surface area (Å²) in [6.07, 6.45) is 1.34. The van der Waals surface area contributed by atoms with E-state index in [4.69, 9.17) is 4.74 Å². The van der Waals surface area contributed by atoms with Gasteiger partial charge in [0.05, 0.1) is 13.5 Å². The third-order valence-corrected chi connectivity index (χ3v) is 4.30. The number of aromatic amines is 1. The average molecular weight is 322 g/mol. The monoisotopic (exact) mass is 322 g/mol. The van der Waals surface area contributed by atoms with Crippen molar-refractivity contribution in [1.82, 2.24) is 4.98 Å². The van der Waals surface area contributed by atoms with Gasteiger partial charge in [0.2, 0.25) is 5.91 Å². The van der Waals surface area contributed by atoms with Crippen molar-refractivity contribution in [2.24, 2.45) is 0 Å². The Balaban J connectivity index is 1.80. The molecule has 0 bridgehead atoms. The number of nitrogens with one attached hydrogen (secondary N) is 2. The van der Waals surface area contributed by atoms with E-state index in [1.165, 1.54) is 5.56 Å². The van der Waals surface area contributed by atoms with E-state index in [-0.39, 0.29) is 5.91 Å². The zero-order chi connectivity index (χ0) is 17.1. The van der Waals surface area contributed by atoms with Crippen molar-refractivity contribution in [1.29, 1.82) is 0 Å². The van der Waals surface area contributed by atoms with Crippen LogP contribution in [-0.4, -0.2) is 18.0 Å². The quantitative estimate of drug-likeness (QED) is 0.738. The molecular formula is C20H22N2O2. The third kappa shape index (κ3) is 3.27. The Labute approximate surface area is 141 Å². The number of aromatic nitrogens is 1. The second kappa shape index (κ2) is 6.79. The van der Waals surface area contributed by atoms with Crippen LogP contribution >= 0.6 is 0 Å². The first-order valence-electron chi connectivity index (χ1n) is 8.14. The van der Waals surface area contributed by atoms with Crippen LogP contribution in [0.15, 0.2) is 42.5 Å². The highest BCUT2D eigenvalue weighted by molar-refractivity contribution is 5.96. The average Bonchev–Trinajstić information content (AvgIpc) is 2.90. The molecule has 1 heterocycles. The second-order valence-electron chi connectivity index (χ2n) is 5.92. The van der Waals surface area contributed by atoms with E-state index in [0.29, 0.717) is 6.42 Å². The molecule has 4 nitrogen and oxygen atoms in total. The normalized spacial score (nSPS) is 10.8. The number of hydrogen-bond donors (Lipinski definition) is 2. The molecule has 3 rings (SSSR count). The summed E-state index contributed by atoms with van der Waals surface area (Å²) in [5, 5.41) is 4.08. The van der Waals surface area contributed by atoms with E-state index in [1.807, 2.05) is 31.2 Å². The molecule has 3 aromatic rings. The van der Waals surface area contributed by atoms with Crippen LogP contribution < -0.4 is 10.1 Å². The lowest BCUT2D eigenvalue weighted by Crippen LogP contribution is -2.14. The highest BCUT2D eigenvalue weighted by Gasteiger charge is 2.13. The van der Waals surface area contributed by atoms with Crippen molar-refractivity contribution in [2.45, 2.75) is 26.7 Å². The predicted molar refractivity (Wildman–Crippen MR) is 97.7 cm³/mol. The fraction of sp³-hybridized carbons (Fsp3) is 0.250. The molecule has 0 radical (unpaired) electrons. The number of methoxy groups -OCH3 is 1. The maximum Gasteiger partial charge on any atom is 0.228 e. The molecular weight excluding hydrogens is 300 g/mol. The smallest absolute Gasteiger partial charge is 0.228 e. The molecule has 0 aliphatic heterocycles. The van der Waals surface area contributed by atoms with Crippen LogP contribution in [0.25, 0.3) is 10.9 Å². The summed E-state index contributed by atoms with van der Waals surface area (Å²) < 4.78 is 5.13. The minimum atomic E-state index is -0.0222. The Morgan fingerprint density at radius 2 is 1.92 bits per heavy atom. The summed E-state index contributed by atoms with van der Waals surface area (Å²) in [7, 11) is 1.62. The van der Waals surface area contributed by atoms with Gasteiger partial charge in [0.25, 0.3) is 0 Å². The Kier molecular flexibility index (Phi) is 4.56. The van der Waals surface area contributed by atoms with Gasteiger partial charge in [-0.15, -0.1) is 0 Å². The first kappa shape index (κ1) is 16.1. The molecule has 0 spiro atoms. The second-order valence-corrected chi connectivity index (χ2v) is 5.92. The van der Waals surface area contributed by atoms with E-state index in [0.717, 1.165) is 40.0 Å². The maximum absolute atomic E-state index is 12.4. The fourth-order valence-corrected chi connectivity index (χ4v) is 2.92. The molecule has 124 valence electrons. The Bertz CT molecular complexity index is 863. The summed E-state index contributed by atoms with van der Waals surface area (Å²) in [6.45, 7) is 4.15. The lowest BCUT2D eigenvalue weighted by molar-refractivity contribution is -0.115. The molecule has 0 atom stereocenters. The van der Waals surface area contributed by atoms with Gasteiger partial charge in [-0.1, -0.05) is 13.0 Å². The summed E-state index contributed by atoms with van der Waals surface area (Å²) in [6, 6.07) is 13.7. The van der Waals surface area contributed by atoms with Gasteiger partial charge in [-0.2, -0.15) is 0 Å². The summed E-state index contributed by atoms with van der Waals surface area (Å²) in [5.41, 5.74) is 5.23. The standard InChI is InChI=1S/C20H22N2O2/c1-4-14-5-10-19-18(11-14)17(13(2)21-19)12-20(23)22-15-6-8-16(24-3)9-7-15/h5-11,21H,4,12H2,1-3H3,(H,22,23). The first-order valence-corrected chi connectivity index (χ1v) is 8.14. The molecule has 0 saturated carbocycles. The lowest BCUT2D eigenvalue weighted by Gasteiger charge is -2.07. The molecule has 0 unspecified atom stereocenters. The van der Waals surface area contributed by atoms with Crippen LogP contribution in [0.4, 0.5) is 5.69 Å². The molecule has 0 aliphatic carbocycles. The fourth-order valence-electron chi connectivity index (χ4n) is 2.92. The molecule has 0 aliphatic rings. The zero-order valence-corrected chi connectivity index (χ0v) is 14.3. The van der Waals surface area contributed by atoms with Gasteiger partial charge in [-0.05, 0) is 60.9 Å². The number of benzene rings is 2. The summed E-state index contributed by atoms with van der Waals surface area (Å²) in [5.74, 6) is 0.749. The molecule has 1 amide bonds. The molecule has 4 heteroatoms. The highest BCUT2D eigenvalue weighted by Crippen LogP contribution is 2.25. The Hall–Kier alpha value is -2.75. The minimum Gasteiger partial charge on any atom is -0.497 e. The highest BCUT2D eigenvalue weighted by atomic mass is 16.5. The number of ether oxygens (including phenoxy) is 1. The van der Waals surface area contributed by atoms with Gasteiger partial charge >= 0.3 is 0 Å². The molecule has 24 heavy (non-hydrogen) atoms. The van der Waals surface area contributed by atoms with Crippen molar-refractivity contribution in [3.63, 3.8) is 0 Å². The molecule has 2 N–H and O–H groups in total. The number of rotatable bonds is 5. The minimum absolute atomic E-state index is 0.0222. The van der Waals surface area contributed by atoms with Crippen molar-refractivity contribution in [3.8, 4) is 5.75 Å². The number of hydrogen-bond acceptors (Lipinski definition) is 2. The van der Waals surface area contributed by atoms with Crippen molar-refractivity contribution in [2.75, 3.05) is 12.4 Å². The lowest BCUT2D eigenvalue weighted by atomic mass is 10.0. The molecule has 0 fully saturated rings. The molecule has 0 saturated heterocycles. The zero-order valence-electron chi connectivity index (χ0n) is 14.3. The third-order valence-electron chi connectivity index (χ3n) is 4.30. The van der Waals surface area contributed by atoms with Gasteiger partial charge < -0.3 is 15.0 Å². The van der Waals surface area contributed by atoms with E-state index in [2.05, 4.69) is 35.4 Å². The van der Waals surface area contributed by atoms with Gasteiger partial charge in [-0.3, -0.25) is 4.79 Å². The topological polar surface area (TPSA) is 54.1 Å². The van der Waals surface area contributed by atoms with E-state index in [1.54, 1.807) is 7.11 Å². The first-order chi connectivity index (χ1) is 11.6. The van der Waals surface area contributed by atoms with Crippen LogP contribution in [0.2, 0.25) is 0 Å². The number of carbonyl (C=O) groups is 1. The SMILES string of the molecule is CCc1ccc2[nH]c(C)c(CC(=O)Nc3ccc(OC)cc3)c2c1. The Morgan fingerprint density at radius 1 is 1.17 bits per heavy atom.